The quantitative estimate of drug-likeness (QED) is 0.561. The lowest BCUT2D eigenvalue weighted by molar-refractivity contribution is 0.0602. The van der Waals surface area contributed by atoms with Gasteiger partial charge in [-0.05, 0) is 46.9 Å². The van der Waals surface area contributed by atoms with Crippen molar-refractivity contribution in [2.45, 2.75) is 0 Å². The molecule has 0 fully saturated rings. The van der Waals surface area contributed by atoms with Gasteiger partial charge in [-0.1, -0.05) is 29.8 Å². The van der Waals surface area contributed by atoms with E-state index in [0.29, 0.717) is 5.69 Å². The number of amides is 2. The van der Waals surface area contributed by atoms with Crippen LogP contribution in [-0.2, 0) is 4.74 Å². The van der Waals surface area contributed by atoms with E-state index in [-0.39, 0.29) is 16.3 Å². The second-order valence-corrected chi connectivity index (χ2v) is 5.78. The van der Waals surface area contributed by atoms with E-state index in [0.717, 1.165) is 3.57 Å². The van der Waals surface area contributed by atoms with Gasteiger partial charge in [0.2, 0.25) is 0 Å². The first-order valence-corrected chi connectivity index (χ1v) is 7.68. The van der Waals surface area contributed by atoms with Crippen LogP contribution in [0.2, 0.25) is 5.02 Å². The zero-order valence-corrected chi connectivity index (χ0v) is 14.4. The molecule has 0 spiro atoms. The Kier molecular flexibility index (Phi) is 5.62. The molecule has 0 saturated heterocycles. The molecule has 0 radical (unpaired) electrons. The van der Waals surface area contributed by atoms with E-state index in [1.165, 1.54) is 7.11 Å². The minimum absolute atomic E-state index is 0.115. The third-order valence-corrected chi connectivity index (χ3v) is 4.03. The smallest absolute Gasteiger partial charge is 0.341 e. The van der Waals surface area contributed by atoms with Crippen molar-refractivity contribution < 1.29 is 14.3 Å². The molecule has 0 bridgehead atoms. The standard InChI is InChI=1S/C15H12ClIN2O3/c1-22-14(20)13-9(16)5-4-8-12(13)19-15(21)18-11-7-3-2-6-10(11)17/h2-8H,1H3,(H2,18,19,21). The number of nitrogens with one attached hydrogen (secondary N) is 2. The molecular formula is C15H12ClIN2O3. The predicted molar refractivity (Wildman–Crippen MR) is 94.6 cm³/mol. The maximum absolute atomic E-state index is 12.1. The zero-order valence-electron chi connectivity index (χ0n) is 11.5. The molecule has 0 heterocycles. The van der Waals surface area contributed by atoms with Crippen LogP contribution in [0.1, 0.15) is 10.4 Å². The average molecular weight is 431 g/mol. The molecule has 2 aromatic rings. The Hall–Kier alpha value is -1.80. The van der Waals surface area contributed by atoms with Gasteiger partial charge in [-0.25, -0.2) is 9.59 Å². The molecular weight excluding hydrogens is 419 g/mol. The number of rotatable bonds is 3. The highest BCUT2D eigenvalue weighted by Gasteiger charge is 2.17. The molecule has 2 aromatic carbocycles. The number of halogens is 2. The summed E-state index contributed by atoms with van der Waals surface area (Å²) in [4.78, 5) is 23.9. The van der Waals surface area contributed by atoms with Gasteiger partial charge in [-0.2, -0.15) is 0 Å². The Bertz CT molecular complexity index is 722. The number of hydrogen-bond donors (Lipinski definition) is 2. The highest BCUT2D eigenvalue weighted by atomic mass is 127. The van der Waals surface area contributed by atoms with Crippen molar-refractivity contribution in [3.63, 3.8) is 0 Å². The molecule has 0 atom stereocenters. The van der Waals surface area contributed by atoms with Crippen LogP contribution < -0.4 is 10.6 Å². The van der Waals surface area contributed by atoms with Crippen LogP contribution in [0.25, 0.3) is 0 Å². The summed E-state index contributed by atoms with van der Waals surface area (Å²) in [6.45, 7) is 0. The van der Waals surface area contributed by atoms with Crippen molar-refractivity contribution in [1.29, 1.82) is 0 Å². The lowest BCUT2D eigenvalue weighted by Crippen LogP contribution is -2.21. The molecule has 2 amide bonds. The van der Waals surface area contributed by atoms with E-state index in [1.54, 1.807) is 24.3 Å². The summed E-state index contributed by atoms with van der Waals surface area (Å²) in [7, 11) is 1.25. The van der Waals surface area contributed by atoms with Gasteiger partial charge in [-0.3, -0.25) is 0 Å². The van der Waals surface area contributed by atoms with Gasteiger partial charge in [0.05, 0.1) is 23.5 Å². The maximum atomic E-state index is 12.1. The minimum atomic E-state index is -0.616. The van der Waals surface area contributed by atoms with Gasteiger partial charge in [-0.15, -0.1) is 0 Å². The first-order chi connectivity index (χ1) is 10.5. The summed E-state index contributed by atoms with van der Waals surface area (Å²) in [5, 5.41) is 5.52. The molecule has 0 aliphatic heterocycles. The van der Waals surface area contributed by atoms with Crippen LogP contribution in [0.3, 0.4) is 0 Å². The van der Waals surface area contributed by atoms with Gasteiger partial charge in [0.1, 0.15) is 5.56 Å². The number of methoxy groups -OCH3 is 1. The van der Waals surface area contributed by atoms with E-state index in [9.17, 15) is 9.59 Å². The molecule has 0 aromatic heterocycles. The lowest BCUT2D eigenvalue weighted by atomic mass is 10.2. The van der Waals surface area contributed by atoms with Crippen LogP contribution in [0.4, 0.5) is 16.2 Å². The van der Waals surface area contributed by atoms with E-state index >= 15 is 0 Å². The van der Waals surface area contributed by atoms with Crippen LogP contribution in [0, 0.1) is 3.57 Å². The van der Waals surface area contributed by atoms with E-state index in [4.69, 9.17) is 11.6 Å². The molecule has 2 N–H and O–H groups in total. The molecule has 2 rings (SSSR count). The van der Waals surface area contributed by atoms with Crippen molar-refractivity contribution >= 4 is 57.6 Å². The van der Waals surface area contributed by atoms with Crippen molar-refractivity contribution in [3.05, 3.63) is 56.6 Å². The number of urea groups is 1. The summed E-state index contributed by atoms with van der Waals surface area (Å²) < 4.78 is 5.58. The molecule has 114 valence electrons. The minimum Gasteiger partial charge on any atom is -0.465 e. The predicted octanol–water partition coefficient (Wildman–Crippen LogP) is 4.38. The van der Waals surface area contributed by atoms with Gasteiger partial charge >= 0.3 is 12.0 Å². The number of anilines is 2. The molecule has 0 unspecified atom stereocenters. The Morgan fingerprint density at radius 3 is 2.36 bits per heavy atom. The monoisotopic (exact) mass is 430 g/mol. The fourth-order valence-corrected chi connectivity index (χ4v) is 2.55. The summed E-state index contributed by atoms with van der Waals surface area (Å²) in [6, 6.07) is 11.6. The number of esters is 1. The highest BCUT2D eigenvalue weighted by Crippen LogP contribution is 2.25. The second-order valence-electron chi connectivity index (χ2n) is 4.21. The maximum Gasteiger partial charge on any atom is 0.341 e. The van der Waals surface area contributed by atoms with Crippen molar-refractivity contribution in [3.8, 4) is 0 Å². The second kappa shape index (κ2) is 7.46. The largest absolute Gasteiger partial charge is 0.465 e. The molecule has 0 aliphatic carbocycles. The molecule has 0 saturated carbocycles. The summed E-state index contributed by atoms with van der Waals surface area (Å²) in [5.41, 5.74) is 1.06. The first kappa shape index (κ1) is 16.6. The fraction of sp³-hybridized carbons (Fsp3) is 0.0667. The molecule has 22 heavy (non-hydrogen) atoms. The molecule has 5 nitrogen and oxygen atoms in total. The topological polar surface area (TPSA) is 67.4 Å². The third-order valence-electron chi connectivity index (χ3n) is 2.77. The third kappa shape index (κ3) is 3.89. The Morgan fingerprint density at radius 2 is 1.68 bits per heavy atom. The number of ether oxygens (including phenoxy) is 1. The van der Waals surface area contributed by atoms with Crippen molar-refractivity contribution in [1.82, 2.24) is 0 Å². The van der Waals surface area contributed by atoms with E-state index in [2.05, 4.69) is 38.0 Å². The van der Waals surface area contributed by atoms with Crippen LogP contribution >= 0.6 is 34.2 Å². The number of benzene rings is 2. The molecule has 7 heteroatoms. The van der Waals surface area contributed by atoms with Crippen molar-refractivity contribution in [2.24, 2.45) is 0 Å². The number of hydrogen-bond acceptors (Lipinski definition) is 3. The van der Waals surface area contributed by atoms with Gasteiger partial charge in [0, 0.05) is 3.57 Å². The number of carbonyl (C=O) groups excluding carboxylic acids is 2. The number of para-hydroxylation sites is 1. The van der Waals surface area contributed by atoms with Crippen molar-refractivity contribution in [2.75, 3.05) is 17.7 Å². The molecule has 0 aliphatic rings. The van der Waals surface area contributed by atoms with Crippen LogP contribution in [0.5, 0.6) is 0 Å². The first-order valence-electron chi connectivity index (χ1n) is 6.22. The van der Waals surface area contributed by atoms with E-state index in [1.807, 2.05) is 18.2 Å². The Balaban J connectivity index is 2.21. The fourth-order valence-electron chi connectivity index (χ4n) is 1.78. The normalized spacial score (nSPS) is 9.95. The Morgan fingerprint density at radius 1 is 1.05 bits per heavy atom. The van der Waals surface area contributed by atoms with E-state index < -0.39 is 12.0 Å². The zero-order chi connectivity index (χ0) is 16.1. The van der Waals surface area contributed by atoms with Gasteiger partial charge in [0.25, 0.3) is 0 Å². The summed E-state index contributed by atoms with van der Waals surface area (Å²) in [6.07, 6.45) is 0. The number of carbonyl (C=O) groups is 2. The lowest BCUT2D eigenvalue weighted by Gasteiger charge is -2.12. The average Bonchev–Trinajstić information content (AvgIpc) is 2.49. The van der Waals surface area contributed by atoms with Crippen LogP contribution in [0.15, 0.2) is 42.5 Å². The Labute approximate surface area is 146 Å². The van der Waals surface area contributed by atoms with Gasteiger partial charge < -0.3 is 15.4 Å². The highest BCUT2D eigenvalue weighted by molar-refractivity contribution is 14.1. The van der Waals surface area contributed by atoms with Crippen LogP contribution in [-0.4, -0.2) is 19.1 Å². The SMILES string of the molecule is COC(=O)c1c(Cl)cccc1NC(=O)Nc1ccccc1I. The summed E-state index contributed by atoms with van der Waals surface area (Å²) >= 11 is 8.11. The summed E-state index contributed by atoms with van der Waals surface area (Å²) in [5.74, 6) is -0.616. The van der Waals surface area contributed by atoms with Gasteiger partial charge in [0.15, 0.2) is 0 Å².